The Morgan fingerprint density at radius 2 is 1.80 bits per heavy atom. The largest absolute Gasteiger partial charge is 0.497 e. The van der Waals surface area contributed by atoms with Crippen molar-refractivity contribution < 1.29 is 9.94 Å². The average Bonchev–Trinajstić information content (AvgIpc) is 2.49. The molecular formula is C16H16N2O2. The summed E-state index contributed by atoms with van der Waals surface area (Å²) < 4.78 is 5.08. The number of nitrogens with zero attached hydrogens (tertiary/aromatic N) is 2. The molecule has 0 saturated carbocycles. The van der Waals surface area contributed by atoms with E-state index in [9.17, 15) is 10.5 Å². The van der Waals surface area contributed by atoms with Crippen LogP contribution in [0.2, 0.25) is 0 Å². The van der Waals surface area contributed by atoms with E-state index in [4.69, 9.17) is 4.74 Å². The Hall–Kier alpha value is -2.35. The Morgan fingerprint density at radius 1 is 1.15 bits per heavy atom. The first-order chi connectivity index (χ1) is 9.74. The smallest absolute Gasteiger partial charge is 0.147 e. The van der Waals surface area contributed by atoms with Crippen LogP contribution in [0.4, 0.5) is 0 Å². The lowest BCUT2D eigenvalue weighted by molar-refractivity contribution is -0.121. The van der Waals surface area contributed by atoms with Gasteiger partial charge in [0.25, 0.3) is 0 Å². The maximum atomic E-state index is 10.1. The van der Waals surface area contributed by atoms with E-state index in [1.807, 2.05) is 30.3 Å². The molecule has 0 aromatic heterocycles. The van der Waals surface area contributed by atoms with Crippen molar-refractivity contribution in [3.63, 3.8) is 0 Å². The van der Waals surface area contributed by atoms with Crippen molar-refractivity contribution in [2.24, 2.45) is 0 Å². The van der Waals surface area contributed by atoms with Gasteiger partial charge in [-0.2, -0.15) is 10.3 Å². The van der Waals surface area contributed by atoms with Gasteiger partial charge in [0.05, 0.1) is 19.7 Å². The molecule has 0 unspecified atom stereocenters. The molecule has 0 heterocycles. The van der Waals surface area contributed by atoms with Crippen LogP contribution in [-0.4, -0.2) is 17.4 Å². The van der Waals surface area contributed by atoms with Gasteiger partial charge in [-0.25, -0.2) is 0 Å². The van der Waals surface area contributed by atoms with Crippen LogP contribution >= 0.6 is 0 Å². The van der Waals surface area contributed by atoms with Gasteiger partial charge in [0.15, 0.2) is 0 Å². The fraction of sp³-hybridized carbons (Fsp3) is 0.188. The Bertz CT molecular complexity index is 576. The van der Waals surface area contributed by atoms with Gasteiger partial charge in [0.1, 0.15) is 11.8 Å². The van der Waals surface area contributed by atoms with Gasteiger partial charge in [-0.3, -0.25) is 0 Å². The molecule has 0 amide bonds. The van der Waals surface area contributed by atoms with Crippen LogP contribution in [0.1, 0.15) is 17.2 Å². The molecule has 2 aromatic carbocycles. The Balaban J connectivity index is 2.12. The van der Waals surface area contributed by atoms with Gasteiger partial charge in [-0.05, 0) is 23.3 Å². The van der Waals surface area contributed by atoms with E-state index >= 15 is 0 Å². The summed E-state index contributed by atoms with van der Waals surface area (Å²) in [5.74, 6) is 0.720. The molecule has 0 saturated heterocycles. The highest BCUT2D eigenvalue weighted by molar-refractivity contribution is 5.31. The summed E-state index contributed by atoms with van der Waals surface area (Å²) >= 11 is 0. The quantitative estimate of drug-likeness (QED) is 0.846. The summed E-state index contributed by atoms with van der Waals surface area (Å²) in [4.78, 5) is 0. The highest BCUT2D eigenvalue weighted by Gasteiger charge is 2.18. The molecule has 102 valence electrons. The molecule has 1 atom stereocenters. The third kappa shape index (κ3) is 3.35. The van der Waals surface area contributed by atoms with Gasteiger partial charge in [0.2, 0.25) is 0 Å². The number of hydrogen-bond acceptors (Lipinski definition) is 4. The van der Waals surface area contributed by atoms with Gasteiger partial charge < -0.3 is 9.94 Å². The fourth-order valence-electron chi connectivity index (χ4n) is 1.96. The van der Waals surface area contributed by atoms with Crippen LogP contribution < -0.4 is 4.74 Å². The first-order valence-corrected chi connectivity index (χ1v) is 6.27. The van der Waals surface area contributed by atoms with Gasteiger partial charge in [-0.15, -0.1) is 0 Å². The first kappa shape index (κ1) is 14.1. The number of nitriles is 1. The average molecular weight is 268 g/mol. The van der Waals surface area contributed by atoms with Gasteiger partial charge in [0, 0.05) is 0 Å². The molecule has 20 heavy (non-hydrogen) atoms. The number of benzene rings is 2. The topological polar surface area (TPSA) is 56.5 Å². The van der Waals surface area contributed by atoms with E-state index in [1.165, 1.54) is 0 Å². The number of hydrogen-bond donors (Lipinski definition) is 1. The minimum atomic E-state index is -0.707. The van der Waals surface area contributed by atoms with Crippen LogP contribution in [0.25, 0.3) is 0 Å². The van der Waals surface area contributed by atoms with E-state index < -0.39 is 6.04 Å². The SMILES string of the molecule is COc1ccc([C@@H](C#N)N(O)Cc2ccccc2)cc1. The van der Waals surface area contributed by atoms with Gasteiger partial charge in [-0.1, -0.05) is 42.5 Å². The monoisotopic (exact) mass is 268 g/mol. The van der Waals surface area contributed by atoms with E-state index in [1.54, 1.807) is 31.4 Å². The molecule has 4 nitrogen and oxygen atoms in total. The first-order valence-electron chi connectivity index (χ1n) is 6.27. The van der Waals surface area contributed by atoms with Crippen molar-refractivity contribution in [3.8, 4) is 11.8 Å². The van der Waals surface area contributed by atoms with Crippen molar-refractivity contribution in [2.45, 2.75) is 12.6 Å². The Kier molecular flexibility index (Phi) is 4.72. The van der Waals surface area contributed by atoms with E-state index in [-0.39, 0.29) is 0 Å². The maximum Gasteiger partial charge on any atom is 0.147 e. The lowest BCUT2D eigenvalue weighted by Gasteiger charge is -2.20. The molecule has 0 radical (unpaired) electrons. The molecule has 0 aliphatic carbocycles. The molecule has 0 spiro atoms. The van der Waals surface area contributed by atoms with E-state index in [0.717, 1.165) is 21.9 Å². The molecule has 0 bridgehead atoms. The fourth-order valence-corrected chi connectivity index (χ4v) is 1.96. The predicted molar refractivity (Wildman–Crippen MR) is 75.1 cm³/mol. The summed E-state index contributed by atoms with van der Waals surface area (Å²) in [7, 11) is 1.59. The van der Waals surface area contributed by atoms with Crippen LogP contribution in [-0.2, 0) is 6.54 Å². The summed E-state index contributed by atoms with van der Waals surface area (Å²) in [6.45, 7) is 0.297. The van der Waals surface area contributed by atoms with Crippen molar-refractivity contribution in [1.29, 1.82) is 5.26 Å². The molecule has 2 rings (SSSR count). The zero-order valence-electron chi connectivity index (χ0n) is 11.2. The minimum absolute atomic E-state index is 0.297. The minimum Gasteiger partial charge on any atom is -0.497 e. The Morgan fingerprint density at radius 3 is 2.35 bits per heavy atom. The maximum absolute atomic E-state index is 10.1. The molecule has 0 aliphatic heterocycles. The molecule has 0 fully saturated rings. The van der Waals surface area contributed by atoms with Crippen LogP contribution in [0.3, 0.4) is 0 Å². The summed E-state index contributed by atoms with van der Waals surface area (Å²) in [6, 6.07) is 18.0. The number of rotatable bonds is 5. The second-order valence-electron chi connectivity index (χ2n) is 4.39. The highest BCUT2D eigenvalue weighted by Crippen LogP contribution is 2.22. The molecule has 2 aromatic rings. The summed E-state index contributed by atoms with van der Waals surface area (Å²) in [6.07, 6.45) is 0. The van der Waals surface area contributed by atoms with Crippen LogP contribution in [0, 0.1) is 11.3 Å². The van der Waals surface area contributed by atoms with Gasteiger partial charge >= 0.3 is 0 Å². The van der Waals surface area contributed by atoms with E-state index in [2.05, 4.69) is 6.07 Å². The number of hydroxylamine groups is 2. The summed E-state index contributed by atoms with van der Waals surface area (Å²) in [5, 5.41) is 20.4. The molecule has 4 heteroatoms. The van der Waals surface area contributed by atoms with Crippen molar-refractivity contribution >= 4 is 0 Å². The predicted octanol–water partition coefficient (Wildman–Crippen LogP) is 3.15. The van der Waals surface area contributed by atoms with Crippen molar-refractivity contribution in [2.75, 3.05) is 7.11 Å². The number of ether oxygens (including phenoxy) is 1. The lowest BCUT2D eigenvalue weighted by atomic mass is 10.1. The highest BCUT2D eigenvalue weighted by atomic mass is 16.5. The molecule has 1 N–H and O–H groups in total. The van der Waals surface area contributed by atoms with Crippen LogP contribution in [0.5, 0.6) is 5.75 Å². The Labute approximate surface area is 118 Å². The summed E-state index contributed by atoms with van der Waals surface area (Å²) in [5.41, 5.74) is 1.68. The third-order valence-electron chi connectivity index (χ3n) is 3.04. The van der Waals surface area contributed by atoms with Crippen LogP contribution in [0.15, 0.2) is 54.6 Å². The molecular weight excluding hydrogens is 252 g/mol. The third-order valence-corrected chi connectivity index (χ3v) is 3.04. The normalized spacial score (nSPS) is 11.9. The van der Waals surface area contributed by atoms with E-state index in [0.29, 0.717) is 6.54 Å². The second-order valence-corrected chi connectivity index (χ2v) is 4.39. The lowest BCUT2D eigenvalue weighted by Crippen LogP contribution is -2.23. The standard InChI is InChI=1S/C16H16N2O2/c1-20-15-9-7-14(8-10-15)16(11-17)18(19)12-13-5-3-2-4-6-13/h2-10,16,19H,12H2,1H3/t16-/m1/s1. The number of methoxy groups -OCH3 is 1. The van der Waals surface area contributed by atoms with Crippen molar-refractivity contribution in [1.82, 2.24) is 5.06 Å². The molecule has 0 aliphatic rings. The second kappa shape index (κ2) is 6.71. The van der Waals surface area contributed by atoms with Crippen molar-refractivity contribution in [3.05, 3.63) is 65.7 Å². The zero-order chi connectivity index (χ0) is 14.4. The zero-order valence-corrected chi connectivity index (χ0v) is 11.2.